The monoisotopic (exact) mass is 225 g/mol. The fraction of sp³-hybridized carbons (Fsp3) is 0.167. The Hall–Kier alpha value is -0.320. The van der Waals surface area contributed by atoms with Gasteiger partial charge < -0.3 is 0 Å². The normalized spacial score (nSPS) is 14.2. The summed E-state index contributed by atoms with van der Waals surface area (Å²) in [6.07, 6.45) is 2.90. The third kappa shape index (κ3) is 2.33. The predicted octanol–water partition coefficient (Wildman–Crippen LogP) is 1.89. The van der Waals surface area contributed by atoms with Crippen LogP contribution in [0.5, 0.6) is 0 Å². The zero-order valence-corrected chi connectivity index (χ0v) is 8.14. The molecule has 1 heterocycles. The molecule has 0 aliphatic heterocycles. The van der Waals surface area contributed by atoms with Gasteiger partial charge in [-0.1, -0.05) is 11.6 Å². The maximum absolute atomic E-state index is 10.7. The highest BCUT2D eigenvalue weighted by molar-refractivity contribution is 8.14. The molecule has 12 heavy (non-hydrogen) atoms. The number of hydrogen-bond donors (Lipinski definition) is 0. The van der Waals surface area contributed by atoms with Crippen LogP contribution in [-0.4, -0.2) is 13.4 Å². The van der Waals surface area contributed by atoms with E-state index in [9.17, 15) is 8.42 Å². The van der Waals surface area contributed by atoms with E-state index < -0.39 is 13.8 Å². The first-order valence-electron chi connectivity index (χ1n) is 2.99. The van der Waals surface area contributed by atoms with Crippen molar-refractivity contribution in [2.75, 3.05) is 0 Å². The minimum Gasteiger partial charge on any atom is -0.265 e. The molecule has 0 radical (unpaired) electrons. The first-order valence-corrected chi connectivity index (χ1v) is 5.80. The summed E-state index contributed by atoms with van der Waals surface area (Å²) in [5.74, 6) is 0. The van der Waals surface area contributed by atoms with Gasteiger partial charge in [-0.2, -0.15) is 0 Å². The van der Waals surface area contributed by atoms with Crippen LogP contribution in [0, 0.1) is 0 Å². The smallest absolute Gasteiger partial charge is 0.253 e. The number of halogens is 2. The Morgan fingerprint density at radius 1 is 1.33 bits per heavy atom. The molecular weight excluding hydrogens is 221 g/mol. The number of rotatable bonds is 2. The molecule has 1 aromatic rings. The minimum atomic E-state index is -3.75. The molecule has 66 valence electrons. The number of nitrogens with zero attached hydrogens (tertiary/aromatic N) is 1. The molecule has 0 aliphatic carbocycles. The zero-order chi connectivity index (χ0) is 9.19. The first kappa shape index (κ1) is 9.77. The van der Waals surface area contributed by atoms with Crippen molar-refractivity contribution in [2.45, 2.75) is 4.71 Å². The van der Waals surface area contributed by atoms with Crippen LogP contribution < -0.4 is 0 Å². The number of aromatic nitrogens is 1. The van der Waals surface area contributed by atoms with Crippen LogP contribution in [0.1, 0.15) is 10.3 Å². The second-order valence-corrected chi connectivity index (χ2v) is 5.48. The molecule has 0 aliphatic rings. The molecule has 1 aromatic heterocycles. The van der Waals surface area contributed by atoms with E-state index in [0.717, 1.165) is 0 Å². The molecule has 1 atom stereocenters. The summed E-state index contributed by atoms with van der Waals surface area (Å²) in [7, 11) is 1.29. The molecule has 0 spiro atoms. The van der Waals surface area contributed by atoms with Gasteiger partial charge in [-0.05, 0) is 17.7 Å². The molecule has 0 fully saturated rings. The van der Waals surface area contributed by atoms with Crippen LogP contribution in [-0.2, 0) is 9.05 Å². The van der Waals surface area contributed by atoms with E-state index in [2.05, 4.69) is 4.98 Å². The van der Waals surface area contributed by atoms with Gasteiger partial charge in [0.1, 0.15) is 0 Å². The lowest BCUT2D eigenvalue weighted by molar-refractivity contribution is 0.607. The van der Waals surface area contributed by atoms with E-state index in [0.29, 0.717) is 5.56 Å². The number of pyridine rings is 1. The van der Waals surface area contributed by atoms with E-state index >= 15 is 0 Å². The van der Waals surface area contributed by atoms with Crippen LogP contribution in [0.2, 0.25) is 0 Å². The highest BCUT2D eigenvalue weighted by Crippen LogP contribution is 2.28. The summed E-state index contributed by atoms with van der Waals surface area (Å²) in [5, 5.41) is 0. The van der Waals surface area contributed by atoms with Gasteiger partial charge >= 0.3 is 0 Å². The summed E-state index contributed by atoms with van der Waals surface area (Å²) in [6, 6.07) is 3.00. The van der Waals surface area contributed by atoms with E-state index in [4.69, 9.17) is 22.3 Å². The van der Waals surface area contributed by atoms with Gasteiger partial charge in [0.15, 0.2) is 4.71 Å². The van der Waals surface area contributed by atoms with Crippen molar-refractivity contribution in [1.29, 1.82) is 0 Å². The molecule has 0 saturated carbocycles. The molecule has 0 N–H and O–H groups in total. The van der Waals surface area contributed by atoms with E-state index in [1.165, 1.54) is 24.5 Å². The first-order chi connectivity index (χ1) is 5.52. The maximum atomic E-state index is 10.7. The Kier molecular flexibility index (Phi) is 2.93. The predicted molar refractivity (Wildman–Crippen MR) is 47.6 cm³/mol. The van der Waals surface area contributed by atoms with Crippen molar-refractivity contribution in [3.63, 3.8) is 0 Å². The Balaban J connectivity index is 3.02. The fourth-order valence-electron chi connectivity index (χ4n) is 0.677. The number of alkyl halides is 1. The molecule has 0 aromatic carbocycles. The van der Waals surface area contributed by atoms with Crippen LogP contribution in [0.3, 0.4) is 0 Å². The minimum absolute atomic E-state index is 0.418. The molecule has 3 nitrogen and oxygen atoms in total. The van der Waals surface area contributed by atoms with Crippen molar-refractivity contribution >= 4 is 31.3 Å². The molecule has 0 saturated heterocycles. The van der Waals surface area contributed by atoms with Crippen LogP contribution in [0.4, 0.5) is 0 Å². The van der Waals surface area contributed by atoms with Crippen molar-refractivity contribution in [3.8, 4) is 0 Å². The summed E-state index contributed by atoms with van der Waals surface area (Å²) in [4.78, 5) is 3.71. The maximum Gasteiger partial charge on any atom is 0.253 e. The second kappa shape index (κ2) is 3.60. The lowest BCUT2D eigenvalue weighted by Gasteiger charge is -2.03. The Bertz CT molecular complexity index is 351. The van der Waals surface area contributed by atoms with Gasteiger partial charge in [-0.25, -0.2) is 8.42 Å². The summed E-state index contributed by atoms with van der Waals surface area (Å²) in [6.45, 7) is 0. The molecule has 1 rings (SSSR count). The average Bonchev–Trinajstić information content (AvgIpc) is 2.03. The van der Waals surface area contributed by atoms with Gasteiger partial charge in [-0.15, -0.1) is 0 Å². The van der Waals surface area contributed by atoms with Crippen LogP contribution >= 0.6 is 22.3 Å². The highest BCUT2D eigenvalue weighted by atomic mass is 35.7. The third-order valence-electron chi connectivity index (χ3n) is 1.22. The SMILES string of the molecule is O=S(=O)(Cl)C(Cl)c1ccncc1. The Morgan fingerprint density at radius 2 is 1.83 bits per heavy atom. The summed E-state index contributed by atoms with van der Waals surface area (Å²) < 4.78 is 20.3. The average molecular weight is 226 g/mol. The summed E-state index contributed by atoms with van der Waals surface area (Å²) >= 11 is 5.53. The molecule has 6 heteroatoms. The van der Waals surface area contributed by atoms with Gasteiger partial charge in [0.05, 0.1) is 0 Å². The summed E-state index contributed by atoms with van der Waals surface area (Å²) in [5.41, 5.74) is 0.418. The quantitative estimate of drug-likeness (QED) is 0.571. The van der Waals surface area contributed by atoms with Gasteiger partial charge in [0, 0.05) is 23.1 Å². The lowest BCUT2D eigenvalue weighted by atomic mass is 10.3. The zero-order valence-electron chi connectivity index (χ0n) is 5.81. The van der Waals surface area contributed by atoms with Crippen molar-refractivity contribution in [1.82, 2.24) is 4.98 Å². The topological polar surface area (TPSA) is 47.0 Å². The van der Waals surface area contributed by atoms with E-state index in [-0.39, 0.29) is 0 Å². The van der Waals surface area contributed by atoms with Crippen molar-refractivity contribution in [3.05, 3.63) is 30.1 Å². The standard InChI is InChI=1S/C6H5Cl2NO2S/c7-6(12(8,10)11)5-1-3-9-4-2-5/h1-4,6H. The van der Waals surface area contributed by atoms with Crippen LogP contribution in [0.25, 0.3) is 0 Å². The van der Waals surface area contributed by atoms with E-state index in [1.807, 2.05) is 0 Å². The Morgan fingerprint density at radius 3 is 2.25 bits per heavy atom. The van der Waals surface area contributed by atoms with Crippen molar-refractivity contribution < 1.29 is 8.42 Å². The Labute approximate surface area is 79.8 Å². The highest BCUT2D eigenvalue weighted by Gasteiger charge is 2.21. The van der Waals surface area contributed by atoms with Crippen molar-refractivity contribution in [2.24, 2.45) is 0 Å². The van der Waals surface area contributed by atoms with E-state index in [1.54, 1.807) is 0 Å². The largest absolute Gasteiger partial charge is 0.265 e. The van der Waals surface area contributed by atoms with Crippen LogP contribution in [0.15, 0.2) is 24.5 Å². The second-order valence-electron chi connectivity index (χ2n) is 2.07. The van der Waals surface area contributed by atoms with Gasteiger partial charge in [0.25, 0.3) is 9.05 Å². The molecule has 1 unspecified atom stereocenters. The molecular formula is C6H5Cl2NO2S. The fourth-order valence-corrected chi connectivity index (χ4v) is 1.61. The lowest BCUT2D eigenvalue weighted by Crippen LogP contribution is -1.99. The van der Waals surface area contributed by atoms with Gasteiger partial charge in [0.2, 0.25) is 0 Å². The third-order valence-corrected chi connectivity index (χ3v) is 3.75. The van der Waals surface area contributed by atoms with Gasteiger partial charge in [-0.3, -0.25) is 4.98 Å². The molecule has 0 bridgehead atoms. The number of hydrogen-bond acceptors (Lipinski definition) is 3. The molecule has 0 amide bonds.